The molecule has 2 aromatic rings. The van der Waals surface area contributed by atoms with E-state index in [2.05, 4.69) is 10.6 Å². The Balaban J connectivity index is 2.01. The Morgan fingerprint density at radius 2 is 1.72 bits per heavy atom. The first-order valence-corrected chi connectivity index (χ1v) is 8.19. The van der Waals surface area contributed by atoms with Crippen molar-refractivity contribution >= 4 is 29.3 Å². The molecule has 0 heterocycles. The molecule has 0 saturated carbocycles. The van der Waals surface area contributed by atoms with Crippen LogP contribution in [0.1, 0.15) is 29.8 Å². The number of ether oxygens (including phenoxy) is 1. The van der Waals surface area contributed by atoms with Gasteiger partial charge in [0, 0.05) is 17.0 Å². The molecule has 0 saturated heterocycles. The number of carbonyl (C=O) groups excluding carboxylic acids is 2. The van der Waals surface area contributed by atoms with Crippen molar-refractivity contribution in [1.29, 1.82) is 0 Å². The predicted molar refractivity (Wildman–Crippen MR) is 99.3 cm³/mol. The summed E-state index contributed by atoms with van der Waals surface area (Å²) in [7, 11) is 1.30. The topological polar surface area (TPSA) is 67.4 Å². The second-order valence-electron chi connectivity index (χ2n) is 6.24. The molecule has 2 N–H and O–H groups in total. The molecule has 2 rings (SSSR count). The van der Waals surface area contributed by atoms with Gasteiger partial charge in [0.1, 0.15) is 0 Å². The van der Waals surface area contributed by atoms with Gasteiger partial charge in [-0.05, 0) is 29.8 Å². The maximum absolute atomic E-state index is 12.2. The number of halogens is 1. The number of hydrogen-bond acceptors (Lipinski definition) is 3. The van der Waals surface area contributed by atoms with Gasteiger partial charge in [0.25, 0.3) is 0 Å². The number of methoxy groups -OCH3 is 1. The van der Waals surface area contributed by atoms with Crippen LogP contribution >= 0.6 is 11.6 Å². The van der Waals surface area contributed by atoms with Crippen LogP contribution in [0.25, 0.3) is 0 Å². The minimum absolute atomic E-state index is 0.274. The second kappa shape index (κ2) is 8.03. The smallest absolute Gasteiger partial charge is 0.339 e. The maximum atomic E-state index is 12.2. The Bertz CT molecular complexity index is 758. The van der Waals surface area contributed by atoms with Crippen molar-refractivity contribution < 1.29 is 14.3 Å². The first kappa shape index (κ1) is 18.8. The minimum Gasteiger partial charge on any atom is -0.465 e. The molecular weight excluding hydrogens is 340 g/mol. The summed E-state index contributed by atoms with van der Waals surface area (Å²) in [5.74, 6) is -0.502. The number of esters is 1. The van der Waals surface area contributed by atoms with E-state index >= 15 is 0 Å². The zero-order valence-corrected chi connectivity index (χ0v) is 15.2. The molecule has 2 aromatic carbocycles. The Hall–Kier alpha value is -2.53. The molecule has 0 unspecified atom stereocenters. The third kappa shape index (κ3) is 4.97. The lowest BCUT2D eigenvalue weighted by atomic mass is 9.85. The fourth-order valence-corrected chi connectivity index (χ4v) is 2.48. The zero-order valence-electron chi connectivity index (χ0n) is 14.4. The van der Waals surface area contributed by atoms with Gasteiger partial charge in [-0.2, -0.15) is 0 Å². The summed E-state index contributed by atoms with van der Waals surface area (Å²) in [5.41, 5.74) is 1.49. The van der Waals surface area contributed by atoms with Gasteiger partial charge in [0.05, 0.1) is 18.4 Å². The van der Waals surface area contributed by atoms with E-state index in [1.807, 2.05) is 38.1 Å². The fourth-order valence-electron chi connectivity index (χ4n) is 2.35. The Kier molecular flexibility index (Phi) is 6.04. The van der Waals surface area contributed by atoms with Gasteiger partial charge in [0.15, 0.2) is 0 Å². The highest BCUT2D eigenvalue weighted by atomic mass is 35.5. The number of amides is 2. The summed E-state index contributed by atoms with van der Waals surface area (Å²) in [6.45, 7) is 4.47. The molecule has 6 heteroatoms. The van der Waals surface area contributed by atoms with E-state index < -0.39 is 12.0 Å². The van der Waals surface area contributed by atoms with Gasteiger partial charge in [-0.15, -0.1) is 0 Å². The van der Waals surface area contributed by atoms with E-state index in [9.17, 15) is 9.59 Å². The lowest BCUT2D eigenvalue weighted by Crippen LogP contribution is -2.39. The van der Waals surface area contributed by atoms with Gasteiger partial charge < -0.3 is 15.4 Å². The predicted octanol–water partition coefficient (Wildman–Crippen LogP) is 4.23. The molecule has 0 bridgehead atoms. The van der Waals surface area contributed by atoms with Crippen molar-refractivity contribution in [3.63, 3.8) is 0 Å². The molecule has 0 radical (unpaired) electrons. The molecule has 25 heavy (non-hydrogen) atoms. The molecule has 0 atom stereocenters. The van der Waals surface area contributed by atoms with E-state index in [-0.39, 0.29) is 5.41 Å². The number of para-hydroxylation sites is 1. The van der Waals surface area contributed by atoms with Crippen molar-refractivity contribution in [2.24, 2.45) is 0 Å². The average Bonchev–Trinajstić information content (AvgIpc) is 2.60. The second-order valence-corrected chi connectivity index (χ2v) is 6.67. The van der Waals surface area contributed by atoms with Gasteiger partial charge >= 0.3 is 12.0 Å². The molecule has 2 amide bonds. The van der Waals surface area contributed by atoms with Crippen molar-refractivity contribution in [2.75, 3.05) is 19.0 Å². The molecule has 5 nitrogen and oxygen atoms in total. The van der Waals surface area contributed by atoms with E-state index in [1.165, 1.54) is 7.11 Å². The van der Waals surface area contributed by atoms with Crippen LogP contribution in [0.2, 0.25) is 5.02 Å². The Labute approximate surface area is 152 Å². The van der Waals surface area contributed by atoms with E-state index in [1.54, 1.807) is 24.3 Å². The highest BCUT2D eigenvalue weighted by molar-refractivity contribution is 6.30. The SMILES string of the molecule is COC(=O)c1ccccc1NC(=O)NCC(C)(C)c1ccc(Cl)cc1. The summed E-state index contributed by atoms with van der Waals surface area (Å²) in [6.07, 6.45) is 0. The largest absolute Gasteiger partial charge is 0.465 e. The number of carbonyl (C=O) groups is 2. The van der Waals surface area contributed by atoms with Crippen molar-refractivity contribution in [1.82, 2.24) is 5.32 Å². The first-order valence-electron chi connectivity index (χ1n) is 7.82. The third-order valence-corrected chi connectivity index (χ3v) is 4.15. The Morgan fingerprint density at radius 3 is 2.36 bits per heavy atom. The monoisotopic (exact) mass is 360 g/mol. The van der Waals surface area contributed by atoms with Crippen LogP contribution < -0.4 is 10.6 Å². The van der Waals surface area contributed by atoms with Crippen LogP contribution in [-0.2, 0) is 10.2 Å². The maximum Gasteiger partial charge on any atom is 0.339 e. The number of hydrogen-bond donors (Lipinski definition) is 2. The molecule has 0 aromatic heterocycles. The van der Waals surface area contributed by atoms with Crippen LogP contribution in [0.5, 0.6) is 0 Å². The molecule has 132 valence electrons. The summed E-state index contributed by atoms with van der Waals surface area (Å²) < 4.78 is 4.72. The van der Waals surface area contributed by atoms with Crippen LogP contribution in [0, 0.1) is 0 Å². The summed E-state index contributed by atoms with van der Waals surface area (Å²) >= 11 is 5.91. The summed E-state index contributed by atoms with van der Waals surface area (Å²) in [6, 6.07) is 13.8. The average molecular weight is 361 g/mol. The van der Waals surface area contributed by atoms with Crippen molar-refractivity contribution in [3.8, 4) is 0 Å². The number of rotatable bonds is 5. The molecule has 0 aliphatic rings. The number of urea groups is 1. The minimum atomic E-state index is -0.502. The molecule has 0 aliphatic heterocycles. The third-order valence-electron chi connectivity index (χ3n) is 3.90. The normalized spacial score (nSPS) is 10.9. The molecule has 0 fully saturated rings. The first-order chi connectivity index (χ1) is 11.8. The van der Waals surface area contributed by atoms with Gasteiger partial charge in [-0.3, -0.25) is 0 Å². The van der Waals surface area contributed by atoms with Crippen molar-refractivity contribution in [3.05, 3.63) is 64.7 Å². The van der Waals surface area contributed by atoms with Gasteiger partial charge in [-0.1, -0.05) is 49.7 Å². The number of nitrogens with one attached hydrogen (secondary N) is 2. The Morgan fingerprint density at radius 1 is 1.08 bits per heavy atom. The quantitative estimate of drug-likeness (QED) is 0.784. The van der Waals surface area contributed by atoms with Gasteiger partial charge in [-0.25, -0.2) is 9.59 Å². The number of anilines is 1. The van der Waals surface area contributed by atoms with Crippen LogP contribution in [-0.4, -0.2) is 25.7 Å². The fraction of sp³-hybridized carbons (Fsp3) is 0.263. The highest BCUT2D eigenvalue weighted by Crippen LogP contribution is 2.24. The van der Waals surface area contributed by atoms with Gasteiger partial charge in [0.2, 0.25) is 0 Å². The van der Waals surface area contributed by atoms with Crippen molar-refractivity contribution in [2.45, 2.75) is 19.3 Å². The lowest BCUT2D eigenvalue weighted by Gasteiger charge is -2.26. The highest BCUT2D eigenvalue weighted by Gasteiger charge is 2.22. The molecule has 0 aliphatic carbocycles. The van der Waals surface area contributed by atoms with E-state index in [0.717, 1.165) is 5.56 Å². The van der Waals surface area contributed by atoms with E-state index in [0.29, 0.717) is 22.8 Å². The van der Waals surface area contributed by atoms with E-state index in [4.69, 9.17) is 16.3 Å². The molecule has 0 spiro atoms. The zero-order chi connectivity index (χ0) is 18.4. The number of benzene rings is 2. The summed E-state index contributed by atoms with van der Waals surface area (Å²) in [4.78, 5) is 24.0. The van der Waals surface area contributed by atoms with Crippen LogP contribution in [0.3, 0.4) is 0 Å². The summed E-state index contributed by atoms with van der Waals surface area (Å²) in [5, 5.41) is 6.19. The standard InChI is InChI=1S/C19H21ClN2O3/c1-19(2,13-8-10-14(20)11-9-13)12-21-18(24)22-16-7-5-4-6-15(16)17(23)25-3/h4-11H,12H2,1-3H3,(H2,21,22,24). The van der Waals surface area contributed by atoms with Crippen LogP contribution in [0.15, 0.2) is 48.5 Å². The molecular formula is C19H21ClN2O3. The lowest BCUT2D eigenvalue weighted by molar-refractivity contribution is 0.0602. The van der Waals surface area contributed by atoms with Crippen LogP contribution in [0.4, 0.5) is 10.5 Å².